The number of hydrogen-bond acceptors (Lipinski definition) is 2. The molecular formula is C11H24N2S. The lowest BCUT2D eigenvalue weighted by Gasteiger charge is -2.26. The molecule has 0 aliphatic carbocycles. The van der Waals surface area contributed by atoms with Gasteiger partial charge in [-0.3, -0.25) is 0 Å². The number of hydrogen-bond donors (Lipinski definition) is 1. The van der Waals surface area contributed by atoms with Gasteiger partial charge in [0.1, 0.15) is 0 Å². The predicted molar refractivity (Wildman–Crippen MR) is 67.6 cm³/mol. The highest BCUT2D eigenvalue weighted by molar-refractivity contribution is 7.80. The highest BCUT2D eigenvalue weighted by Crippen LogP contribution is 2.06. The van der Waals surface area contributed by atoms with Gasteiger partial charge < -0.3 is 10.6 Å². The summed E-state index contributed by atoms with van der Waals surface area (Å²) in [4.78, 5) is 3.07. The molecule has 0 aromatic rings. The van der Waals surface area contributed by atoms with Gasteiger partial charge in [0.15, 0.2) is 0 Å². The van der Waals surface area contributed by atoms with Crippen LogP contribution in [-0.4, -0.2) is 29.0 Å². The van der Waals surface area contributed by atoms with Gasteiger partial charge in [-0.25, -0.2) is 0 Å². The van der Waals surface area contributed by atoms with Gasteiger partial charge in [-0.05, 0) is 32.7 Å². The Morgan fingerprint density at radius 3 is 2.14 bits per heavy atom. The zero-order valence-corrected chi connectivity index (χ0v) is 10.7. The molecule has 0 amide bonds. The minimum atomic E-state index is 0.586. The van der Waals surface area contributed by atoms with E-state index < -0.39 is 0 Å². The summed E-state index contributed by atoms with van der Waals surface area (Å²) in [5.74, 6) is 0.765. The van der Waals surface area contributed by atoms with E-state index in [9.17, 15) is 0 Å². The molecule has 84 valence electrons. The molecule has 0 rings (SSSR count). The SMILES string of the molecule is CC(C)CCN(CCC(N)=S)C(C)C. The Morgan fingerprint density at radius 1 is 1.21 bits per heavy atom. The first-order valence-electron chi connectivity index (χ1n) is 5.45. The molecule has 0 unspecified atom stereocenters. The average Bonchev–Trinajstić information content (AvgIpc) is 2.02. The van der Waals surface area contributed by atoms with E-state index in [1.807, 2.05) is 0 Å². The van der Waals surface area contributed by atoms with Crippen LogP contribution in [0.3, 0.4) is 0 Å². The maximum absolute atomic E-state index is 5.50. The van der Waals surface area contributed by atoms with E-state index in [4.69, 9.17) is 18.0 Å². The Kier molecular flexibility index (Phi) is 7.11. The second kappa shape index (κ2) is 7.18. The second-order valence-corrected chi connectivity index (χ2v) is 5.05. The maximum atomic E-state index is 5.50. The third-order valence-corrected chi connectivity index (χ3v) is 2.57. The molecule has 2 nitrogen and oxygen atoms in total. The van der Waals surface area contributed by atoms with Crippen LogP contribution in [-0.2, 0) is 0 Å². The highest BCUT2D eigenvalue weighted by Gasteiger charge is 2.09. The van der Waals surface area contributed by atoms with Gasteiger partial charge >= 0.3 is 0 Å². The zero-order chi connectivity index (χ0) is 11.1. The van der Waals surface area contributed by atoms with Crippen molar-refractivity contribution in [3.05, 3.63) is 0 Å². The molecule has 0 fully saturated rings. The van der Waals surface area contributed by atoms with Crippen LogP contribution in [0.4, 0.5) is 0 Å². The lowest BCUT2D eigenvalue weighted by molar-refractivity contribution is 0.215. The summed E-state index contributed by atoms with van der Waals surface area (Å²) in [6.07, 6.45) is 2.08. The van der Waals surface area contributed by atoms with Crippen molar-refractivity contribution in [1.82, 2.24) is 4.90 Å². The van der Waals surface area contributed by atoms with Crippen molar-refractivity contribution in [2.45, 2.75) is 46.6 Å². The van der Waals surface area contributed by atoms with E-state index in [2.05, 4.69) is 32.6 Å². The van der Waals surface area contributed by atoms with Gasteiger partial charge in [-0.2, -0.15) is 0 Å². The summed E-state index contributed by atoms with van der Waals surface area (Å²) < 4.78 is 0. The number of rotatable bonds is 7. The number of thiocarbonyl (C=S) groups is 1. The van der Waals surface area contributed by atoms with E-state index in [1.54, 1.807) is 0 Å². The summed E-state index contributed by atoms with van der Waals surface area (Å²) in [6, 6.07) is 0.586. The topological polar surface area (TPSA) is 29.3 Å². The molecule has 0 aromatic heterocycles. The van der Waals surface area contributed by atoms with Gasteiger partial charge in [-0.15, -0.1) is 0 Å². The summed E-state index contributed by atoms with van der Waals surface area (Å²) in [5.41, 5.74) is 5.50. The van der Waals surface area contributed by atoms with Gasteiger partial charge in [0.25, 0.3) is 0 Å². The molecular weight excluding hydrogens is 192 g/mol. The summed E-state index contributed by atoms with van der Waals surface area (Å²) in [7, 11) is 0. The van der Waals surface area contributed by atoms with E-state index in [1.165, 1.54) is 6.42 Å². The third-order valence-electron chi connectivity index (χ3n) is 2.37. The molecule has 0 saturated heterocycles. The fraction of sp³-hybridized carbons (Fsp3) is 0.909. The Bertz CT molecular complexity index is 167. The molecule has 3 heteroatoms. The van der Waals surface area contributed by atoms with Crippen molar-refractivity contribution in [2.24, 2.45) is 11.7 Å². The van der Waals surface area contributed by atoms with Crippen LogP contribution in [0.25, 0.3) is 0 Å². The van der Waals surface area contributed by atoms with Gasteiger partial charge in [0.05, 0.1) is 4.99 Å². The van der Waals surface area contributed by atoms with Crippen molar-refractivity contribution in [3.63, 3.8) is 0 Å². The molecule has 0 spiro atoms. The van der Waals surface area contributed by atoms with Crippen molar-refractivity contribution >= 4 is 17.2 Å². The Hall–Kier alpha value is -0.150. The lowest BCUT2D eigenvalue weighted by Crippen LogP contribution is -2.35. The predicted octanol–water partition coefficient (Wildman–Crippen LogP) is 2.42. The van der Waals surface area contributed by atoms with Crippen LogP contribution in [0, 0.1) is 5.92 Å². The third kappa shape index (κ3) is 7.27. The number of nitrogens with zero attached hydrogens (tertiary/aromatic N) is 1. The largest absolute Gasteiger partial charge is 0.393 e. The van der Waals surface area contributed by atoms with Gasteiger partial charge in [0.2, 0.25) is 0 Å². The standard InChI is InChI=1S/C11H24N2S/c1-9(2)5-7-13(10(3)4)8-6-11(12)14/h9-10H,5-8H2,1-4H3,(H2,12,14). The van der Waals surface area contributed by atoms with Crippen LogP contribution in [0.2, 0.25) is 0 Å². The summed E-state index contributed by atoms with van der Waals surface area (Å²) >= 11 is 4.89. The van der Waals surface area contributed by atoms with E-state index in [0.29, 0.717) is 11.0 Å². The van der Waals surface area contributed by atoms with Crippen molar-refractivity contribution in [2.75, 3.05) is 13.1 Å². The summed E-state index contributed by atoms with van der Waals surface area (Å²) in [5, 5.41) is 0. The minimum absolute atomic E-state index is 0.586. The molecule has 0 aliphatic heterocycles. The summed E-state index contributed by atoms with van der Waals surface area (Å²) in [6.45, 7) is 11.1. The van der Waals surface area contributed by atoms with Crippen LogP contribution < -0.4 is 5.73 Å². The van der Waals surface area contributed by atoms with Crippen LogP contribution >= 0.6 is 12.2 Å². The van der Waals surface area contributed by atoms with E-state index in [-0.39, 0.29) is 0 Å². The normalized spacial score (nSPS) is 11.6. The molecule has 0 saturated carbocycles. The van der Waals surface area contributed by atoms with Crippen LogP contribution in [0.15, 0.2) is 0 Å². The molecule has 0 radical (unpaired) electrons. The highest BCUT2D eigenvalue weighted by atomic mass is 32.1. The van der Waals surface area contributed by atoms with Crippen LogP contribution in [0.5, 0.6) is 0 Å². The first-order valence-corrected chi connectivity index (χ1v) is 5.86. The molecule has 14 heavy (non-hydrogen) atoms. The second-order valence-electron chi connectivity index (χ2n) is 4.53. The lowest BCUT2D eigenvalue weighted by atomic mass is 10.1. The molecule has 0 atom stereocenters. The molecule has 0 heterocycles. The zero-order valence-electron chi connectivity index (χ0n) is 9.92. The molecule has 2 N–H and O–H groups in total. The first-order chi connectivity index (χ1) is 6.43. The quantitative estimate of drug-likeness (QED) is 0.663. The minimum Gasteiger partial charge on any atom is -0.393 e. The monoisotopic (exact) mass is 216 g/mol. The van der Waals surface area contributed by atoms with Crippen LogP contribution in [0.1, 0.15) is 40.5 Å². The Balaban J connectivity index is 3.84. The van der Waals surface area contributed by atoms with Gasteiger partial charge in [0, 0.05) is 19.0 Å². The number of nitrogens with two attached hydrogens (primary N) is 1. The maximum Gasteiger partial charge on any atom is 0.0740 e. The van der Waals surface area contributed by atoms with Crippen molar-refractivity contribution in [1.29, 1.82) is 0 Å². The Labute approximate surface area is 93.8 Å². The van der Waals surface area contributed by atoms with E-state index in [0.717, 1.165) is 25.4 Å². The molecule has 0 aliphatic rings. The van der Waals surface area contributed by atoms with E-state index >= 15 is 0 Å². The van der Waals surface area contributed by atoms with Crippen molar-refractivity contribution in [3.8, 4) is 0 Å². The molecule has 0 bridgehead atoms. The fourth-order valence-electron chi connectivity index (χ4n) is 1.31. The smallest absolute Gasteiger partial charge is 0.0740 e. The molecule has 0 aromatic carbocycles. The fourth-order valence-corrected chi connectivity index (χ4v) is 1.40. The van der Waals surface area contributed by atoms with Gasteiger partial charge in [-0.1, -0.05) is 26.1 Å². The van der Waals surface area contributed by atoms with Crippen molar-refractivity contribution < 1.29 is 0 Å². The Morgan fingerprint density at radius 2 is 1.79 bits per heavy atom. The average molecular weight is 216 g/mol. The first kappa shape index (κ1) is 13.8.